The van der Waals surface area contributed by atoms with E-state index in [1.165, 1.54) is 36.9 Å². The van der Waals surface area contributed by atoms with E-state index in [1.807, 2.05) is 18.5 Å². The summed E-state index contributed by atoms with van der Waals surface area (Å²) in [5.74, 6) is 0.766. The number of nitrogens with two attached hydrogens (primary N) is 1. The Balaban J connectivity index is 2.17. The van der Waals surface area contributed by atoms with E-state index in [1.54, 1.807) is 0 Å². The van der Waals surface area contributed by atoms with Gasteiger partial charge in [0.2, 0.25) is 0 Å². The molecule has 1 aromatic heterocycles. The first-order valence-corrected chi connectivity index (χ1v) is 6.54. The van der Waals surface area contributed by atoms with Gasteiger partial charge in [0.05, 0.1) is 0 Å². The zero-order chi connectivity index (χ0) is 12.3. The van der Waals surface area contributed by atoms with Gasteiger partial charge in [-0.1, -0.05) is 19.8 Å². The van der Waals surface area contributed by atoms with Crippen molar-refractivity contribution >= 4 is 5.69 Å². The third-order valence-corrected chi connectivity index (χ3v) is 3.90. The van der Waals surface area contributed by atoms with E-state index in [-0.39, 0.29) is 5.54 Å². The van der Waals surface area contributed by atoms with Gasteiger partial charge in [-0.15, -0.1) is 0 Å². The number of aromatic nitrogens is 1. The van der Waals surface area contributed by atoms with Crippen LogP contribution in [0.2, 0.25) is 0 Å². The molecule has 1 aliphatic carbocycles. The number of aryl methyl sites for hydroxylation is 1. The van der Waals surface area contributed by atoms with Crippen molar-refractivity contribution in [3.63, 3.8) is 0 Å². The maximum atomic E-state index is 6.02. The van der Waals surface area contributed by atoms with E-state index < -0.39 is 0 Å². The van der Waals surface area contributed by atoms with E-state index >= 15 is 0 Å². The van der Waals surface area contributed by atoms with Crippen molar-refractivity contribution in [1.29, 1.82) is 0 Å². The van der Waals surface area contributed by atoms with Gasteiger partial charge in [-0.25, -0.2) is 0 Å². The number of hydrogen-bond acceptors (Lipinski definition) is 3. The second kappa shape index (κ2) is 5.05. The predicted molar refractivity (Wildman–Crippen MR) is 72.0 cm³/mol. The van der Waals surface area contributed by atoms with Crippen molar-refractivity contribution in [2.24, 2.45) is 11.7 Å². The van der Waals surface area contributed by atoms with Gasteiger partial charge in [-0.05, 0) is 37.3 Å². The summed E-state index contributed by atoms with van der Waals surface area (Å²) >= 11 is 0. The molecule has 3 N–H and O–H groups in total. The lowest BCUT2D eigenvalue weighted by Crippen LogP contribution is -2.48. The van der Waals surface area contributed by atoms with Crippen molar-refractivity contribution < 1.29 is 0 Å². The molecule has 1 aromatic rings. The first kappa shape index (κ1) is 12.4. The summed E-state index contributed by atoms with van der Waals surface area (Å²) in [7, 11) is 0. The van der Waals surface area contributed by atoms with Crippen molar-refractivity contribution in [2.45, 2.75) is 45.1 Å². The first-order valence-electron chi connectivity index (χ1n) is 6.54. The number of nitrogens with one attached hydrogen (secondary N) is 1. The Kier molecular flexibility index (Phi) is 3.67. The lowest BCUT2D eigenvalue weighted by atomic mass is 9.76. The van der Waals surface area contributed by atoms with Gasteiger partial charge in [-0.3, -0.25) is 4.98 Å². The number of nitrogens with zero attached hydrogens (tertiary/aromatic N) is 1. The molecule has 17 heavy (non-hydrogen) atoms. The van der Waals surface area contributed by atoms with Gasteiger partial charge in [0.1, 0.15) is 0 Å². The lowest BCUT2D eigenvalue weighted by Gasteiger charge is -2.41. The van der Waals surface area contributed by atoms with Gasteiger partial charge >= 0.3 is 0 Å². The van der Waals surface area contributed by atoms with Gasteiger partial charge in [0, 0.05) is 30.2 Å². The van der Waals surface area contributed by atoms with Crippen molar-refractivity contribution in [3.05, 3.63) is 24.0 Å². The van der Waals surface area contributed by atoms with Crippen LogP contribution in [0.1, 0.15) is 38.2 Å². The molecule has 94 valence electrons. The maximum Gasteiger partial charge on any atom is 0.0498 e. The SMILES string of the molecule is Cc1cnccc1NC1(CN)CCCC(C)C1. The van der Waals surface area contributed by atoms with Crippen LogP contribution < -0.4 is 11.1 Å². The minimum Gasteiger partial charge on any atom is -0.378 e. The number of rotatable bonds is 3. The third kappa shape index (κ3) is 2.78. The van der Waals surface area contributed by atoms with E-state index in [0.29, 0.717) is 6.54 Å². The van der Waals surface area contributed by atoms with E-state index in [2.05, 4.69) is 24.1 Å². The smallest absolute Gasteiger partial charge is 0.0498 e. The van der Waals surface area contributed by atoms with Crippen LogP contribution in [0.5, 0.6) is 0 Å². The Morgan fingerprint density at radius 3 is 3.06 bits per heavy atom. The molecule has 0 bridgehead atoms. The molecule has 0 amide bonds. The molecule has 1 heterocycles. The fraction of sp³-hybridized carbons (Fsp3) is 0.643. The number of hydrogen-bond donors (Lipinski definition) is 2. The molecule has 3 heteroatoms. The number of anilines is 1. The first-order chi connectivity index (χ1) is 8.15. The summed E-state index contributed by atoms with van der Waals surface area (Å²) in [6.45, 7) is 5.12. The second-order valence-electron chi connectivity index (χ2n) is 5.50. The van der Waals surface area contributed by atoms with Crippen LogP contribution in [0.25, 0.3) is 0 Å². The minimum absolute atomic E-state index is 0.0871. The molecule has 3 nitrogen and oxygen atoms in total. The Hall–Kier alpha value is -1.09. The van der Waals surface area contributed by atoms with Crippen LogP contribution in [0.15, 0.2) is 18.5 Å². The number of pyridine rings is 1. The zero-order valence-electron chi connectivity index (χ0n) is 10.9. The average molecular weight is 233 g/mol. The van der Waals surface area contributed by atoms with Crippen LogP contribution in [-0.2, 0) is 0 Å². The molecule has 2 rings (SSSR count). The van der Waals surface area contributed by atoms with E-state index in [9.17, 15) is 0 Å². The highest BCUT2D eigenvalue weighted by Gasteiger charge is 2.33. The molecule has 0 radical (unpaired) electrons. The van der Waals surface area contributed by atoms with Crippen LogP contribution in [0.3, 0.4) is 0 Å². The highest BCUT2D eigenvalue weighted by Crippen LogP contribution is 2.34. The van der Waals surface area contributed by atoms with Crippen LogP contribution in [0, 0.1) is 12.8 Å². The maximum absolute atomic E-state index is 6.02. The van der Waals surface area contributed by atoms with Crippen molar-refractivity contribution in [2.75, 3.05) is 11.9 Å². The molecule has 1 saturated carbocycles. The van der Waals surface area contributed by atoms with E-state index in [4.69, 9.17) is 5.73 Å². The van der Waals surface area contributed by atoms with Gasteiger partial charge in [-0.2, -0.15) is 0 Å². The predicted octanol–water partition coefficient (Wildman–Crippen LogP) is 2.71. The normalized spacial score (nSPS) is 29.0. The minimum atomic E-state index is 0.0871. The molecule has 0 aromatic carbocycles. The standard InChI is InChI=1S/C14H23N3/c1-11-4-3-6-14(8-11,10-15)17-13-5-7-16-9-12(13)2/h5,7,9,11H,3-4,6,8,10,15H2,1-2H3,(H,16,17). The zero-order valence-corrected chi connectivity index (χ0v) is 10.9. The molecule has 1 fully saturated rings. The Labute approximate surface area is 104 Å². The van der Waals surface area contributed by atoms with Crippen LogP contribution >= 0.6 is 0 Å². The average Bonchev–Trinajstić information content (AvgIpc) is 2.32. The molecule has 0 aliphatic heterocycles. The molecule has 0 saturated heterocycles. The summed E-state index contributed by atoms with van der Waals surface area (Å²) in [5.41, 5.74) is 8.48. The second-order valence-corrected chi connectivity index (χ2v) is 5.50. The van der Waals surface area contributed by atoms with Crippen molar-refractivity contribution in [3.8, 4) is 0 Å². The summed E-state index contributed by atoms with van der Waals surface area (Å²) in [6, 6.07) is 2.05. The molecule has 0 spiro atoms. The van der Waals surface area contributed by atoms with Gasteiger partial charge < -0.3 is 11.1 Å². The van der Waals surface area contributed by atoms with Crippen LogP contribution in [0.4, 0.5) is 5.69 Å². The fourth-order valence-corrected chi connectivity index (χ4v) is 2.91. The monoisotopic (exact) mass is 233 g/mol. The fourth-order valence-electron chi connectivity index (χ4n) is 2.91. The highest BCUT2D eigenvalue weighted by molar-refractivity contribution is 5.51. The quantitative estimate of drug-likeness (QED) is 0.844. The summed E-state index contributed by atoms with van der Waals surface area (Å²) in [5, 5.41) is 3.68. The van der Waals surface area contributed by atoms with E-state index in [0.717, 1.165) is 5.92 Å². The van der Waals surface area contributed by atoms with Gasteiger partial charge in [0.15, 0.2) is 0 Å². The molecule has 2 atom stereocenters. The Morgan fingerprint density at radius 2 is 2.41 bits per heavy atom. The topological polar surface area (TPSA) is 50.9 Å². The summed E-state index contributed by atoms with van der Waals surface area (Å²) in [4.78, 5) is 4.13. The Morgan fingerprint density at radius 1 is 1.59 bits per heavy atom. The highest BCUT2D eigenvalue weighted by atomic mass is 15.0. The molecule has 2 unspecified atom stereocenters. The molecular weight excluding hydrogens is 210 g/mol. The molecular formula is C14H23N3. The lowest BCUT2D eigenvalue weighted by molar-refractivity contribution is 0.264. The largest absolute Gasteiger partial charge is 0.378 e. The summed E-state index contributed by atoms with van der Waals surface area (Å²) in [6.07, 6.45) is 8.69. The van der Waals surface area contributed by atoms with Gasteiger partial charge in [0.25, 0.3) is 0 Å². The third-order valence-electron chi connectivity index (χ3n) is 3.90. The molecule has 1 aliphatic rings. The van der Waals surface area contributed by atoms with Crippen LogP contribution in [-0.4, -0.2) is 17.1 Å². The Bertz CT molecular complexity index is 377. The van der Waals surface area contributed by atoms with Crippen molar-refractivity contribution in [1.82, 2.24) is 4.98 Å². The summed E-state index contributed by atoms with van der Waals surface area (Å²) < 4.78 is 0.